The molecule has 0 spiro atoms. The highest BCUT2D eigenvalue weighted by Gasteiger charge is 2.59. The molecule has 5 saturated heterocycles. The van der Waals surface area contributed by atoms with Gasteiger partial charge in [-0.1, -0.05) is 6.08 Å². The first-order valence-electron chi connectivity index (χ1n) is 9.12. The van der Waals surface area contributed by atoms with Crippen LogP contribution in [0.15, 0.2) is 12.7 Å². The smallest absolute Gasteiger partial charge is 0.190 e. The standard InChI is InChI=1S/C10H16O4.C8H12O4/c1-4-5-6-7(11)8-9(12-6)14-10(2,3)13-8;1-8(2)11-6-5-4(3-9-5)10-7(6)12-8/h4,6-9,11H,1,5H2,2-3H3;4-7H,3H2,1-2H3/t6-,7+,8-,9-;4-,5+,6-,7-/m11/s1. The second kappa shape index (κ2) is 6.49. The number of hydrogen-bond acceptors (Lipinski definition) is 8. The summed E-state index contributed by atoms with van der Waals surface area (Å²) in [5.41, 5.74) is 0. The molecule has 5 rings (SSSR count). The second-order valence-electron chi connectivity index (χ2n) is 8.10. The van der Waals surface area contributed by atoms with E-state index in [4.69, 9.17) is 33.2 Å². The molecule has 1 N–H and O–H groups in total. The van der Waals surface area contributed by atoms with Gasteiger partial charge in [0, 0.05) is 0 Å². The van der Waals surface area contributed by atoms with Crippen LogP contribution in [0.5, 0.6) is 0 Å². The molecular formula is C18H28O8. The molecular weight excluding hydrogens is 344 g/mol. The van der Waals surface area contributed by atoms with Gasteiger partial charge in [-0.2, -0.15) is 0 Å². The van der Waals surface area contributed by atoms with E-state index in [-0.39, 0.29) is 36.8 Å². The Bertz CT molecular complexity index is 549. The summed E-state index contributed by atoms with van der Waals surface area (Å²) in [4.78, 5) is 0. The van der Waals surface area contributed by atoms with Crippen molar-refractivity contribution < 1.29 is 38.3 Å². The number of fused-ring (bicyclic) bond motifs is 4. The summed E-state index contributed by atoms with van der Waals surface area (Å²) < 4.78 is 38.6. The summed E-state index contributed by atoms with van der Waals surface area (Å²) >= 11 is 0. The molecule has 0 aromatic rings. The van der Waals surface area contributed by atoms with Crippen LogP contribution in [0.25, 0.3) is 0 Å². The van der Waals surface area contributed by atoms with E-state index in [1.165, 1.54) is 0 Å². The Morgan fingerprint density at radius 1 is 0.923 bits per heavy atom. The summed E-state index contributed by atoms with van der Waals surface area (Å²) in [5.74, 6) is -1.17. The zero-order valence-corrected chi connectivity index (χ0v) is 15.6. The molecule has 0 unspecified atom stereocenters. The zero-order valence-electron chi connectivity index (χ0n) is 15.6. The van der Waals surface area contributed by atoms with E-state index in [0.717, 1.165) is 0 Å². The summed E-state index contributed by atoms with van der Waals surface area (Å²) in [6.45, 7) is 11.7. The Kier molecular flexibility index (Phi) is 4.69. The summed E-state index contributed by atoms with van der Waals surface area (Å²) in [6.07, 6.45) is 0.740. The number of aliphatic hydroxyl groups excluding tert-OH is 1. The van der Waals surface area contributed by atoms with Gasteiger partial charge in [-0.3, -0.25) is 0 Å². The third-order valence-electron chi connectivity index (χ3n) is 5.05. The fourth-order valence-corrected chi connectivity index (χ4v) is 3.88. The highest BCUT2D eigenvalue weighted by atomic mass is 16.9. The van der Waals surface area contributed by atoms with Gasteiger partial charge in [0.05, 0.1) is 12.7 Å². The maximum atomic E-state index is 9.84. The zero-order chi connectivity index (χ0) is 18.7. The van der Waals surface area contributed by atoms with Gasteiger partial charge >= 0.3 is 0 Å². The Hall–Kier alpha value is -0.580. The van der Waals surface area contributed by atoms with Crippen molar-refractivity contribution in [3.05, 3.63) is 12.7 Å². The number of hydrogen-bond donors (Lipinski definition) is 1. The molecule has 0 radical (unpaired) electrons. The molecule has 8 heteroatoms. The molecule has 0 amide bonds. The van der Waals surface area contributed by atoms with Gasteiger partial charge in [0.15, 0.2) is 24.2 Å². The topological polar surface area (TPSA) is 84.8 Å². The monoisotopic (exact) mass is 372 g/mol. The summed E-state index contributed by atoms with van der Waals surface area (Å²) in [6, 6.07) is 0. The lowest BCUT2D eigenvalue weighted by molar-refractivity contribution is -0.253. The molecule has 0 bridgehead atoms. The van der Waals surface area contributed by atoms with Gasteiger partial charge in [0.2, 0.25) is 0 Å². The molecule has 8 atom stereocenters. The maximum Gasteiger partial charge on any atom is 0.190 e. The maximum absolute atomic E-state index is 9.84. The molecule has 5 fully saturated rings. The average molecular weight is 372 g/mol. The minimum Gasteiger partial charge on any atom is -0.387 e. The highest BCUT2D eigenvalue weighted by molar-refractivity contribution is 4.98. The van der Waals surface area contributed by atoms with Crippen LogP contribution in [-0.2, 0) is 33.2 Å². The summed E-state index contributed by atoms with van der Waals surface area (Å²) in [5, 5.41) is 9.84. The van der Waals surface area contributed by atoms with Crippen LogP contribution in [0.2, 0.25) is 0 Å². The Morgan fingerprint density at radius 2 is 1.54 bits per heavy atom. The molecule has 148 valence electrons. The number of rotatable bonds is 2. The van der Waals surface area contributed by atoms with Crippen molar-refractivity contribution in [1.82, 2.24) is 0 Å². The minimum absolute atomic E-state index is 0.0150. The van der Waals surface area contributed by atoms with Crippen LogP contribution >= 0.6 is 0 Å². The Labute approximate surface area is 153 Å². The number of aliphatic hydroxyl groups is 1. The van der Waals surface area contributed by atoms with Crippen LogP contribution in [0.1, 0.15) is 34.1 Å². The lowest BCUT2D eigenvalue weighted by atomic mass is 10.1. The van der Waals surface area contributed by atoms with E-state index in [0.29, 0.717) is 13.0 Å². The van der Waals surface area contributed by atoms with Crippen LogP contribution in [0.4, 0.5) is 0 Å². The first-order valence-corrected chi connectivity index (χ1v) is 9.12. The van der Waals surface area contributed by atoms with Gasteiger partial charge in [-0.15, -0.1) is 6.58 Å². The van der Waals surface area contributed by atoms with Gasteiger partial charge < -0.3 is 38.3 Å². The lowest BCUT2D eigenvalue weighted by Gasteiger charge is -2.32. The predicted molar refractivity (Wildman–Crippen MR) is 88.0 cm³/mol. The normalized spacial score (nSPS) is 49.4. The van der Waals surface area contributed by atoms with E-state index in [1.807, 2.05) is 27.7 Å². The Balaban J connectivity index is 0.000000130. The van der Waals surface area contributed by atoms with Crippen molar-refractivity contribution in [2.24, 2.45) is 0 Å². The van der Waals surface area contributed by atoms with E-state index >= 15 is 0 Å². The van der Waals surface area contributed by atoms with E-state index < -0.39 is 24.0 Å². The van der Waals surface area contributed by atoms with Crippen molar-refractivity contribution >= 4 is 0 Å². The largest absolute Gasteiger partial charge is 0.387 e. The molecule has 0 saturated carbocycles. The van der Waals surface area contributed by atoms with Crippen molar-refractivity contribution in [3.63, 3.8) is 0 Å². The van der Waals surface area contributed by atoms with E-state index in [2.05, 4.69) is 6.58 Å². The van der Waals surface area contributed by atoms with Crippen LogP contribution in [0, 0.1) is 0 Å². The lowest BCUT2D eigenvalue weighted by Crippen LogP contribution is -2.48. The molecule has 0 aliphatic carbocycles. The van der Waals surface area contributed by atoms with Gasteiger partial charge in [0.25, 0.3) is 0 Å². The van der Waals surface area contributed by atoms with E-state index in [1.54, 1.807) is 6.08 Å². The molecule has 5 aliphatic rings. The molecule has 5 heterocycles. The first-order chi connectivity index (χ1) is 12.2. The fraction of sp³-hybridized carbons (Fsp3) is 0.889. The molecule has 0 aromatic carbocycles. The van der Waals surface area contributed by atoms with Crippen molar-refractivity contribution in [3.8, 4) is 0 Å². The molecule has 5 aliphatic heterocycles. The van der Waals surface area contributed by atoms with Gasteiger partial charge in [0.1, 0.15) is 30.5 Å². The predicted octanol–water partition coefficient (Wildman–Crippen LogP) is 1.06. The molecule has 8 nitrogen and oxygen atoms in total. The summed E-state index contributed by atoms with van der Waals surface area (Å²) in [7, 11) is 0. The second-order valence-corrected chi connectivity index (χ2v) is 8.10. The first kappa shape index (κ1) is 18.8. The fourth-order valence-electron chi connectivity index (χ4n) is 3.88. The number of ether oxygens (including phenoxy) is 7. The van der Waals surface area contributed by atoms with Crippen LogP contribution < -0.4 is 0 Å². The van der Waals surface area contributed by atoms with E-state index in [9.17, 15) is 5.11 Å². The van der Waals surface area contributed by atoms with Crippen LogP contribution in [0.3, 0.4) is 0 Å². The van der Waals surface area contributed by atoms with Crippen LogP contribution in [-0.4, -0.2) is 72.5 Å². The van der Waals surface area contributed by atoms with Gasteiger partial charge in [-0.25, -0.2) is 0 Å². The van der Waals surface area contributed by atoms with Crippen molar-refractivity contribution in [2.75, 3.05) is 6.61 Å². The van der Waals surface area contributed by atoms with Gasteiger partial charge in [-0.05, 0) is 34.1 Å². The SMILES string of the molecule is C=CC[C@H]1O[C@@H]2OC(C)(C)O[C@@H]2[C@H]1O.CC1(C)O[C@H]2O[C@@H]3CO[C@@H]3[C@H]2O1. The quantitative estimate of drug-likeness (QED) is 0.721. The average Bonchev–Trinajstić information content (AvgIpc) is 3.12. The molecule has 0 aromatic heterocycles. The van der Waals surface area contributed by atoms with Crippen molar-refractivity contribution in [2.45, 2.75) is 94.9 Å². The van der Waals surface area contributed by atoms with Crippen molar-refractivity contribution in [1.29, 1.82) is 0 Å². The Morgan fingerprint density at radius 3 is 2.08 bits per heavy atom. The third-order valence-corrected chi connectivity index (χ3v) is 5.05. The highest BCUT2D eigenvalue weighted by Crippen LogP contribution is 2.42. The minimum atomic E-state index is -0.657. The third kappa shape index (κ3) is 3.33. The molecule has 26 heavy (non-hydrogen) atoms.